The third-order valence-corrected chi connectivity index (χ3v) is 4.24. The fourth-order valence-electron chi connectivity index (χ4n) is 2.77. The number of halogens is 2. The number of hydrogen-bond acceptors (Lipinski definition) is 5. The second kappa shape index (κ2) is 6.35. The van der Waals surface area contributed by atoms with Gasteiger partial charge in [0, 0.05) is 22.0 Å². The van der Waals surface area contributed by atoms with Crippen molar-refractivity contribution in [3.63, 3.8) is 0 Å². The van der Waals surface area contributed by atoms with Gasteiger partial charge in [0.2, 0.25) is 6.29 Å². The van der Waals surface area contributed by atoms with Crippen LogP contribution >= 0.6 is 23.2 Å². The van der Waals surface area contributed by atoms with Crippen molar-refractivity contribution < 1.29 is 14.3 Å². The van der Waals surface area contributed by atoms with Gasteiger partial charge in [-0.2, -0.15) is 5.10 Å². The molecule has 0 radical (unpaired) electrons. The second-order valence-electron chi connectivity index (χ2n) is 5.23. The van der Waals surface area contributed by atoms with Crippen molar-refractivity contribution >= 4 is 29.3 Å². The molecule has 2 atom stereocenters. The van der Waals surface area contributed by atoms with Crippen LogP contribution in [0.4, 0.5) is 4.79 Å². The molecule has 0 aliphatic carbocycles. The van der Waals surface area contributed by atoms with E-state index < -0.39 is 18.0 Å². The topological polar surface area (TPSA) is 92.3 Å². The Morgan fingerprint density at radius 2 is 2.35 bits per heavy atom. The summed E-state index contributed by atoms with van der Waals surface area (Å²) in [5.74, 6) is 0. The minimum atomic E-state index is -0.881. The molecule has 1 aromatic carbocycles. The summed E-state index contributed by atoms with van der Waals surface area (Å²) >= 11 is 12.3. The van der Waals surface area contributed by atoms with E-state index in [1.807, 2.05) is 0 Å². The molecule has 9 heteroatoms. The Labute approximate surface area is 142 Å². The maximum Gasteiger partial charge on any atom is 0.406 e. The molecule has 0 saturated carbocycles. The molecule has 0 bridgehead atoms. The highest BCUT2D eigenvalue weighted by Crippen LogP contribution is 2.44. The number of rotatable bonds is 4. The van der Waals surface area contributed by atoms with E-state index >= 15 is 0 Å². The smallest absolute Gasteiger partial charge is 0.406 e. The van der Waals surface area contributed by atoms with Gasteiger partial charge in [-0.05, 0) is 18.6 Å². The summed E-state index contributed by atoms with van der Waals surface area (Å²) in [4.78, 5) is 14.9. The number of benzene rings is 1. The van der Waals surface area contributed by atoms with Crippen LogP contribution in [0.25, 0.3) is 0 Å². The van der Waals surface area contributed by atoms with E-state index in [-0.39, 0.29) is 0 Å². The van der Waals surface area contributed by atoms with E-state index in [0.717, 1.165) is 5.56 Å². The predicted octanol–water partition coefficient (Wildman–Crippen LogP) is 2.71. The van der Waals surface area contributed by atoms with Crippen LogP contribution < -0.4 is 5.73 Å². The van der Waals surface area contributed by atoms with Gasteiger partial charge < -0.3 is 15.2 Å². The summed E-state index contributed by atoms with van der Waals surface area (Å²) in [6.07, 6.45) is 2.47. The van der Waals surface area contributed by atoms with E-state index in [0.29, 0.717) is 29.4 Å². The molecule has 1 amide bonds. The minimum absolute atomic E-state index is 0.368. The molecular formula is C14H14Cl2N4O3. The summed E-state index contributed by atoms with van der Waals surface area (Å²) in [6, 6.07) is 5.18. The lowest BCUT2D eigenvalue weighted by atomic mass is 9.90. The molecule has 0 spiro atoms. The van der Waals surface area contributed by atoms with E-state index in [1.165, 1.54) is 6.33 Å². The van der Waals surface area contributed by atoms with E-state index in [9.17, 15) is 4.79 Å². The number of nitrogens with zero attached hydrogens (tertiary/aromatic N) is 3. The summed E-state index contributed by atoms with van der Waals surface area (Å²) < 4.78 is 12.6. The average molecular weight is 357 g/mol. The van der Waals surface area contributed by atoms with Crippen molar-refractivity contribution in [2.24, 2.45) is 5.73 Å². The van der Waals surface area contributed by atoms with Gasteiger partial charge in [0.1, 0.15) is 18.3 Å². The van der Waals surface area contributed by atoms with E-state index in [2.05, 4.69) is 10.1 Å². The lowest BCUT2D eigenvalue weighted by Gasteiger charge is -2.30. The summed E-state index contributed by atoms with van der Waals surface area (Å²) in [5.41, 5.74) is 5.01. The van der Waals surface area contributed by atoms with Gasteiger partial charge in [-0.25, -0.2) is 14.5 Å². The van der Waals surface area contributed by atoms with Gasteiger partial charge in [0.25, 0.3) is 0 Å². The summed E-state index contributed by atoms with van der Waals surface area (Å²) in [6.45, 7) is 0.368. The van der Waals surface area contributed by atoms with Gasteiger partial charge in [-0.3, -0.25) is 0 Å². The average Bonchev–Trinajstić information content (AvgIpc) is 3.09. The molecule has 1 aliphatic rings. The normalized spacial score (nSPS) is 23.8. The van der Waals surface area contributed by atoms with Crippen LogP contribution in [-0.4, -0.2) is 27.1 Å². The molecule has 1 fully saturated rings. The largest absolute Gasteiger partial charge is 0.420 e. The van der Waals surface area contributed by atoms with Gasteiger partial charge >= 0.3 is 6.09 Å². The SMILES string of the molecule is NC(=O)O[C@H]1CC[C@](Cn2cncn2)(c2ccc(Cl)cc2Cl)O1. The Hall–Kier alpha value is -1.83. The Morgan fingerprint density at radius 3 is 3.00 bits per heavy atom. The lowest BCUT2D eigenvalue weighted by molar-refractivity contribution is -0.148. The molecule has 1 aliphatic heterocycles. The quantitative estimate of drug-likeness (QED) is 0.908. The second-order valence-corrected chi connectivity index (χ2v) is 6.08. The highest BCUT2D eigenvalue weighted by Gasteiger charge is 2.45. The fraction of sp³-hybridized carbons (Fsp3) is 0.357. The first-order chi connectivity index (χ1) is 11.0. The molecular weight excluding hydrogens is 343 g/mol. The highest BCUT2D eigenvalue weighted by atomic mass is 35.5. The molecule has 0 unspecified atom stereocenters. The van der Waals surface area contributed by atoms with Crippen LogP contribution in [0.2, 0.25) is 10.0 Å². The molecule has 2 N–H and O–H groups in total. The number of carbonyl (C=O) groups is 1. The number of nitrogens with two attached hydrogens (primary N) is 1. The van der Waals surface area contributed by atoms with Crippen molar-refractivity contribution in [1.82, 2.24) is 14.8 Å². The zero-order chi connectivity index (χ0) is 16.4. The highest BCUT2D eigenvalue weighted by molar-refractivity contribution is 6.35. The Morgan fingerprint density at radius 1 is 1.52 bits per heavy atom. The van der Waals surface area contributed by atoms with Gasteiger partial charge in [-0.1, -0.05) is 29.3 Å². The molecule has 23 heavy (non-hydrogen) atoms. The number of hydrogen-bond donors (Lipinski definition) is 1. The predicted molar refractivity (Wildman–Crippen MR) is 82.9 cm³/mol. The number of aromatic nitrogens is 3. The van der Waals surface area contributed by atoms with Crippen LogP contribution in [-0.2, 0) is 21.6 Å². The molecule has 7 nitrogen and oxygen atoms in total. The van der Waals surface area contributed by atoms with Crippen LogP contribution in [0, 0.1) is 0 Å². The molecule has 3 rings (SSSR count). The van der Waals surface area contributed by atoms with E-state index in [4.69, 9.17) is 38.4 Å². The Balaban J connectivity index is 1.95. The number of primary amides is 1. The van der Waals surface area contributed by atoms with Crippen molar-refractivity contribution in [3.05, 3.63) is 46.5 Å². The van der Waals surface area contributed by atoms with Crippen LogP contribution in [0.3, 0.4) is 0 Å². The van der Waals surface area contributed by atoms with Crippen molar-refractivity contribution in [3.8, 4) is 0 Å². The third kappa shape index (κ3) is 3.41. The van der Waals surface area contributed by atoms with Gasteiger partial charge in [-0.15, -0.1) is 0 Å². The number of ether oxygens (including phenoxy) is 2. The monoisotopic (exact) mass is 356 g/mol. The standard InChI is InChI=1S/C14H14Cl2N4O3/c15-9-1-2-10(11(16)5-9)14(6-20-8-18-7-19-20)4-3-12(23-14)22-13(17)21/h1-2,5,7-8,12H,3-4,6H2,(H2,17,21)/t12-,14+/m1/s1. The van der Waals surface area contributed by atoms with Gasteiger partial charge in [0.15, 0.2) is 0 Å². The Kier molecular flexibility index (Phi) is 4.43. The van der Waals surface area contributed by atoms with Crippen LogP contribution in [0.5, 0.6) is 0 Å². The van der Waals surface area contributed by atoms with Crippen molar-refractivity contribution in [2.45, 2.75) is 31.3 Å². The number of carbonyl (C=O) groups excluding carboxylic acids is 1. The summed E-state index contributed by atoms with van der Waals surface area (Å²) in [7, 11) is 0. The van der Waals surface area contributed by atoms with Crippen molar-refractivity contribution in [2.75, 3.05) is 0 Å². The first-order valence-corrected chi connectivity index (χ1v) is 7.66. The summed E-state index contributed by atoms with van der Waals surface area (Å²) in [5, 5.41) is 5.10. The number of amides is 1. The molecule has 2 aromatic rings. The van der Waals surface area contributed by atoms with Gasteiger partial charge in [0.05, 0.1) is 6.54 Å². The maximum atomic E-state index is 11.0. The van der Waals surface area contributed by atoms with Crippen LogP contribution in [0.1, 0.15) is 18.4 Å². The minimum Gasteiger partial charge on any atom is -0.420 e. The van der Waals surface area contributed by atoms with E-state index in [1.54, 1.807) is 29.2 Å². The lowest BCUT2D eigenvalue weighted by Crippen LogP contribution is -2.34. The van der Waals surface area contributed by atoms with Crippen molar-refractivity contribution in [1.29, 1.82) is 0 Å². The zero-order valence-electron chi connectivity index (χ0n) is 12.0. The first-order valence-electron chi connectivity index (χ1n) is 6.90. The first kappa shape index (κ1) is 16.0. The zero-order valence-corrected chi connectivity index (χ0v) is 13.5. The molecule has 122 valence electrons. The fourth-order valence-corrected chi connectivity index (χ4v) is 3.35. The Bertz CT molecular complexity index is 710. The maximum absolute atomic E-state index is 11.0. The molecule has 1 saturated heterocycles. The third-order valence-electron chi connectivity index (χ3n) is 3.69. The molecule has 1 aromatic heterocycles. The van der Waals surface area contributed by atoms with Crippen LogP contribution in [0.15, 0.2) is 30.9 Å². The molecule has 2 heterocycles.